The van der Waals surface area contributed by atoms with Crippen molar-refractivity contribution in [3.05, 3.63) is 70.4 Å². The molecule has 152 valence electrons. The molecule has 6 nitrogen and oxygen atoms in total. The van der Waals surface area contributed by atoms with Crippen LogP contribution in [0.5, 0.6) is 0 Å². The predicted molar refractivity (Wildman–Crippen MR) is 118 cm³/mol. The van der Waals surface area contributed by atoms with Crippen molar-refractivity contribution in [2.45, 2.75) is 35.3 Å². The molecule has 8 heteroatoms. The van der Waals surface area contributed by atoms with Gasteiger partial charge >= 0.3 is 0 Å². The predicted octanol–water partition coefficient (Wildman–Crippen LogP) is 5.29. The van der Waals surface area contributed by atoms with Crippen molar-refractivity contribution < 1.29 is 4.74 Å². The first kappa shape index (κ1) is 19.4. The summed E-state index contributed by atoms with van der Waals surface area (Å²) < 4.78 is 7.98. The van der Waals surface area contributed by atoms with Gasteiger partial charge in [0, 0.05) is 22.1 Å². The van der Waals surface area contributed by atoms with Crippen LogP contribution in [0.25, 0.3) is 22.2 Å². The van der Waals surface area contributed by atoms with Gasteiger partial charge in [-0.25, -0.2) is 9.67 Å². The van der Waals surface area contributed by atoms with E-state index in [0.717, 1.165) is 46.9 Å². The number of nitrogens with zero attached hydrogens (tertiary/aromatic N) is 3. The van der Waals surface area contributed by atoms with Gasteiger partial charge in [-0.05, 0) is 55.7 Å². The molecule has 1 N–H and O–H groups in total. The minimum Gasteiger partial charge on any atom is -0.356 e. The second-order valence-corrected chi connectivity index (χ2v) is 8.69. The molecule has 0 amide bonds. The Morgan fingerprint density at radius 3 is 2.83 bits per heavy atom. The van der Waals surface area contributed by atoms with E-state index in [1.807, 2.05) is 53.3 Å². The lowest BCUT2D eigenvalue weighted by atomic mass is 10.1. The average molecular weight is 439 g/mol. The number of H-pyrrole nitrogens is 1. The molecule has 3 heterocycles. The molecule has 1 atom stereocenters. The lowest BCUT2D eigenvalue weighted by Gasteiger charge is -2.25. The van der Waals surface area contributed by atoms with E-state index in [0.29, 0.717) is 15.9 Å². The smallest absolute Gasteiger partial charge is 0.258 e. The molecule has 0 spiro atoms. The van der Waals surface area contributed by atoms with Gasteiger partial charge in [0.2, 0.25) is 0 Å². The highest BCUT2D eigenvalue weighted by molar-refractivity contribution is 7.99. The second kappa shape index (κ2) is 8.26. The second-order valence-electron chi connectivity index (χ2n) is 7.14. The van der Waals surface area contributed by atoms with Gasteiger partial charge in [0.05, 0.1) is 34.0 Å². The first-order valence-electron chi connectivity index (χ1n) is 9.79. The third-order valence-corrected chi connectivity index (χ3v) is 6.43. The topological polar surface area (TPSA) is 72.8 Å². The van der Waals surface area contributed by atoms with E-state index < -0.39 is 0 Å². The van der Waals surface area contributed by atoms with E-state index in [2.05, 4.69) is 15.1 Å². The van der Waals surface area contributed by atoms with Crippen molar-refractivity contribution in [2.24, 2.45) is 0 Å². The number of ether oxygens (including phenoxy) is 1. The first-order valence-corrected chi connectivity index (χ1v) is 11.0. The maximum Gasteiger partial charge on any atom is 0.258 e. The summed E-state index contributed by atoms with van der Waals surface area (Å²) in [4.78, 5) is 21.1. The highest BCUT2D eigenvalue weighted by Gasteiger charge is 2.23. The Morgan fingerprint density at radius 1 is 1.17 bits per heavy atom. The molecule has 0 radical (unpaired) electrons. The quantitative estimate of drug-likeness (QED) is 0.468. The van der Waals surface area contributed by atoms with E-state index in [-0.39, 0.29) is 11.8 Å². The largest absolute Gasteiger partial charge is 0.356 e. The summed E-state index contributed by atoms with van der Waals surface area (Å²) in [5.74, 6) is 0. The monoisotopic (exact) mass is 438 g/mol. The number of halogens is 1. The third-order valence-electron chi connectivity index (χ3n) is 5.15. The summed E-state index contributed by atoms with van der Waals surface area (Å²) in [6, 6.07) is 13.4. The molecule has 1 fully saturated rings. The van der Waals surface area contributed by atoms with Crippen LogP contribution < -0.4 is 5.56 Å². The van der Waals surface area contributed by atoms with Crippen molar-refractivity contribution in [1.29, 1.82) is 0 Å². The van der Waals surface area contributed by atoms with Gasteiger partial charge in [-0.2, -0.15) is 5.10 Å². The Hall–Kier alpha value is -2.61. The van der Waals surface area contributed by atoms with Crippen LogP contribution in [-0.2, 0) is 4.74 Å². The molecule has 1 aliphatic heterocycles. The molecule has 1 aliphatic rings. The van der Waals surface area contributed by atoms with Gasteiger partial charge in [-0.15, -0.1) is 0 Å². The molecule has 5 rings (SSSR count). The summed E-state index contributed by atoms with van der Waals surface area (Å²) in [5, 5.41) is 5.95. The Labute approximate surface area is 182 Å². The summed E-state index contributed by atoms with van der Waals surface area (Å²) in [6.07, 6.45) is 6.31. The number of benzene rings is 2. The fraction of sp³-hybridized carbons (Fsp3) is 0.227. The fourth-order valence-electron chi connectivity index (χ4n) is 3.68. The standard InChI is InChI=1S/C22H19ClN4O2S/c23-15-5-7-16(8-6-15)30-19-12-26-27(20-3-1-2-10-29-20)21(19)14-4-9-17-18(11-14)24-13-25-22(17)28/h4-9,11-13,20H,1-3,10H2,(H,24,25,28). The van der Waals surface area contributed by atoms with Crippen molar-refractivity contribution >= 4 is 34.3 Å². The summed E-state index contributed by atoms with van der Waals surface area (Å²) in [5.41, 5.74) is 2.41. The average Bonchev–Trinajstić information content (AvgIpc) is 3.19. The fourth-order valence-corrected chi connectivity index (χ4v) is 4.74. The van der Waals surface area contributed by atoms with Crippen LogP contribution in [-0.4, -0.2) is 26.4 Å². The maximum atomic E-state index is 12.1. The van der Waals surface area contributed by atoms with Crippen LogP contribution >= 0.6 is 23.4 Å². The maximum absolute atomic E-state index is 12.1. The summed E-state index contributed by atoms with van der Waals surface area (Å²) in [6.45, 7) is 0.734. The van der Waals surface area contributed by atoms with Crippen molar-refractivity contribution in [2.75, 3.05) is 6.61 Å². The zero-order chi connectivity index (χ0) is 20.5. The molecule has 0 bridgehead atoms. The molecular weight excluding hydrogens is 420 g/mol. The minimum absolute atomic E-state index is 0.101. The summed E-state index contributed by atoms with van der Waals surface area (Å²) >= 11 is 7.66. The van der Waals surface area contributed by atoms with E-state index in [1.165, 1.54) is 6.33 Å². The zero-order valence-electron chi connectivity index (χ0n) is 16.0. The Balaban J connectivity index is 1.62. The molecule has 2 aromatic carbocycles. The van der Waals surface area contributed by atoms with Crippen LogP contribution in [0.4, 0.5) is 0 Å². The third kappa shape index (κ3) is 3.76. The molecule has 1 saturated heterocycles. The zero-order valence-corrected chi connectivity index (χ0v) is 17.6. The molecule has 0 aliphatic carbocycles. The Kier molecular flexibility index (Phi) is 5.33. The van der Waals surface area contributed by atoms with Gasteiger partial charge in [-0.3, -0.25) is 4.79 Å². The normalized spacial score (nSPS) is 16.8. The number of rotatable bonds is 4. The van der Waals surface area contributed by atoms with Crippen molar-refractivity contribution in [1.82, 2.24) is 19.7 Å². The number of fused-ring (bicyclic) bond motifs is 1. The van der Waals surface area contributed by atoms with Gasteiger partial charge in [-0.1, -0.05) is 29.4 Å². The number of aromatic amines is 1. The van der Waals surface area contributed by atoms with Crippen LogP contribution in [0.3, 0.4) is 0 Å². The number of nitrogens with one attached hydrogen (secondary N) is 1. The molecule has 30 heavy (non-hydrogen) atoms. The lowest BCUT2D eigenvalue weighted by molar-refractivity contribution is -0.0384. The van der Waals surface area contributed by atoms with E-state index in [1.54, 1.807) is 11.8 Å². The molecule has 1 unspecified atom stereocenters. The number of hydrogen-bond acceptors (Lipinski definition) is 5. The molecule has 4 aromatic rings. The summed E-state index contributed by atoms with van der Waals surface area (Å²) in [7, 11) is 0. The number of aromatic nitrogens is 4. The van der Waals surface area contributed by atoms with Gasteiger partial charge in [0.1, 0.15) is 0 Å². The minimum atomic E-state index is -0.147. The van der Waals surface area contributed by atoms with Crippen LogP contribution in [0.1, 0.15) is 25.5 Å². The Morgan fingerprint density at radius 2 is 2.03 bits per heavy atom. The lowest BCUT2D eigenvalue weighted by Crippen LogP contribution is -2.20. The van der Waals surface area contributed by atoms with Gasteiger partial charge < -0.3 is 9.72 Å². The van der Waals surface area contributed by atoms with Crippen molar-refractivity contribution in [3.8, 4) is 11.3 Å². The van der Waals surface area contributed by atoms with E-state index in [9.17, 15) is 4.79 Å². The van der Waals surface area contributed by atoms with Gasteiger partial charge in [0.15, 0.2) is 6.23 Å². The number of hydrogen-bond donors (Lipinski definition) is 1. The van der Waals surface area contributed by atoms with E-state index in [4.69, 9.17) is 16.3 Å². The molecule has 0 saturated carbocycles. The van der Waals surface area contributed by atoms with Crippen LogP contribution in [0.15, 0.2) is 69.6 Å². The highest BCUT2D eigenvalue weighted by Crippen LogP contribution is 2.39. The van der Waals surface area contributed by atoms with Gasteiger partial charge in [0.25, 0.3) is 5.56 Å². The SMILES string of the molecule is O=c1[nH]cnc2cc(-c3c(Sc4ccc(Cl)cc4)cnn3C3CCCCO3)ccc12. The van der Waals surface area contributed by atoms with Crippen LogP contribution in [0, 0.1) is 0 Å². The Bertz CT molecular complexity index is 1250. The molecular formula is C22H19ClN4O2S. The highest BCUT2D eigenvalue weighted by atomic mass is 35.5. The first-order chi connectivity index (χ1) is 14.7. The van der Waals surface area contributed by atoms with Crippen LogP contribution in [0.2, 0.25) is 5.02 Å². The molecule has 2 aromatic heterocycles. The van der Waals surface area contributed by atoms with Crippen molar-refractivity contribution in [3.63, 3.8) is 0 Å². The van der Waals surface area contributed by atoms with E-state index >= 15 is 0 Å².